The van der Waals surface area contributed by atoms with Gasteiger partial charge in [0, 0.05) is 27.7 Å². The molecule has 4 aromatic carbocycles. The number of nitrogens with one attached hydrogen (secondary N) is 1. The summed E-state index contributed by atoms with van der Waals surface area (Å²) in [6.45, 7) is 2.00. The van der Waals surface area contributed by atoms with Crippen molar-refractivity contribution in [3.05, 3.63) is 124 Å². The number of nitrogens with zero attached hydrogens (tertiary/aromatic N) is 3. The first-order valence-electron chi connectivity index (χ1n) is 12.3. The summed E-state index contributed by atoms with van der Waals surface area (Å²) in [5, 5.41) is 11.6. The van der Waals surface area contributed by atoms with Crippen LogP contribution in [0.2, 0.25) is 10.0 Å². The third-order valence-corrected chi connectivity index (χ3v) is 8.30. The van der Waals surface area contributed by atoms with E-state index in [4.69, 9.17) is 28.2 Å². The van der Waals surface area contributed by atoms with E-state index in [0.29, 0.717) is 11.4 Å². The minimum absolute atomic E-state index is 0.0672. The van der Waals surface area contributed by atoms with Gasteiger partial charge in [0.05, 0.1) is 27.3 Å². The molecular weight excluding hydrogens is 531 g/mol. The monoisotopic (exact) mass is 554 g/mol. The van der Waals surface area contributed by atoms with Crippen LogP contribution in [-0.4, -0.2) is 11.5 Å². The van der Waals surface area contributed by atoms with Gasteiger partial charge in [-0.25, -0.2) is 10.0 Å². The molecule has 2 aliphatic heterocycles. The zero-order valence-electron chi connectivity index (χ0n) is 20.6. The fourth-order valence-corrected chi connectivity index (χ4v) is 6.29. The molecule has 7 heteroatoms. The van der Waals surface area contributed by atoms with E-state index >= 15 is 0 Å². The first kappa shape index (κ1) is 24.8. The average molecular weight is 556 g/mol. The van der Waals surface area contributed by atoms with Gasteiger partial charge in [0.15, 0.2) is 0 Å². The molecule has 4 aromatic rings. The summed E-state index contributed by atoms with van der Waals surface area (Å²) in [5.41, 5.74) is 6.96. The summed E-state index contributed by atoms with van der Waals surface area (Å²) < 4.78 is 0. The summed E-state index contributed by atoms with van der Waals surface area (Å²) in [6, 6.07) is 32.4. The number of amidine groups is 1. The largest absolute Gasteiger partial charge is 0.354 e. The van der Waals surface area contributed by atoms with Gasteiger partial charge in [-0.3, -0.25) is 0 Å². The smallest absolute Gasteiger partial charge is 0.136 e. The molecule has 188 valence electrons. The molecule has 1 N–H and O–H groups in total. The van der Waals surface area contributed by atoms with Crippen LogP contribution in [0.4, 0.5) is 17.1 Å². The number of hydrogen-bond acceptors (Lipinski definition) is 4. The number of fused-ring (bicyclic) bond motifs is 1. The van der Waals surface area contributed by atoms with E-state index in [2.05, 4.69) is 59.0 Å². The number of rotatable bonds is 4. The lowest BCUT2D eigenvalue weighted by Gasteiger charge is -2.17. The zero-order valence-corrected chi connectivity index (χ0v) is 22.9. The topological polar surface area (TPSA) is 40.0 Å². The summed E-state index contributed by atoms with van der Waals surface area (Å²) in [4.78, 5) is 6.11. The lowest BCUT2D eigenvalue weighted by Crippen LogP contribution is -2.20. The van der Waals surface area contributed by atoms with Crippen LogP contribution in [0.5, 0.6) is 0 Å². The predicted octanol–water partition coefficient (Wildman–Crippen LogP) is 9.61. The van der Waals surface area contributed by atoms with Crippen molar-refractivity contribution >= 4 is 69.3 Å². The quantitative estimate of drug-likeness (QED) is 0.273. The Kier molecular flexibility index (Phi) is 6.98. The minimum Gasteiger partial charge on any atom is -0.354 e. The van der Waals surface area contributed by atoms with Gasteiger partial charge in [-0.15, -0.1) is 11.8 Å². The molecule has 1 atom stereocenters. The average Bonchev–Trinajstić information content (AvgIpc) is 3.17. The van der Waals surface area contributed by atoms with Crippen molar-refractivity contribution in [1.29, 1.82) is 0 Å². The van der Waals surface area contributed by atoms with Gasteiger partial charge in [-0.2, -0.15) is 5.10 Å². The van der Waals surface area contributed by atoms with Crippen LogP contribution in [0, 0.1) is 0 Å². The van der Waals surface area contributed by atoms with E-state index in [1.165, 1.54) is 4.90 Å². The van der Waals surface area contributed by atoms with E-state index in [1.807, 2.05) is 66.5 Å². The van der Waals surface area contributed by atoms with E-state index in [9.17, 15) is 0 Å². The van der Waals surface area contributed by atoms with Crippen molar-refractivity contribution in [2.45, 2.75) is 23.5 Å². The molecule has 0 amide bonds. The Morgan fingerprint density at radius 3 is 2.37 bits per heavy atom. The standard InChI is InChI=1S/C31H24Cl2N4S/c1-20-18-31(37(36-20)28-12-6-4-10-25(28)33)34-22-16-14-21(15-17-22)27-19-30(23-8-2-3-9-24(23)32)38-29-13-7-5-11-26(29)35-27/h2-17,19,30,35H,18H2,1H3. The fraction of sp³-hybridized carbons (Fsp3) is 0.0968. The molecule has 0 radical (unpaired) electrons. The van der Waals surface area contributed by atoms with Crippen LogP contribution in [0.15, 0.2) is 118 Å². The summed E-state index contributed by atoms with van der Waals surface area (Å²) in [7, 11) is 0. The number of benzene rings is 4. The van der Waals surface area contributed by atoms with Crippen LogP contribution in [0.25, 0.3) is 5.70 Å². The maximum absolute atomic E-state index is 6.61. The van der Waals surface area contributed by atoms with Crippen LogP contribution >= 0.6 is 35.0 Å². The molecular formula is C31H24Cl2N4S. The number of hydrogen-bond donors (Lipinski definition) is 1. The van der Waals surface area contributed by atoms with Crippen molar-refractivity contribution < 1.29 is 0 Å². The van der Waals surface area contributed by atoms with Crippen LogP contribution in [-0.2, 0) is 0 Å². The third-order valence-electron chi connectivity index (χ3n) is 6.39. The summed E-state index contributed by atoms with van der Waals surface area (Å²) in [6.07, 6.45) is 2.92. The summed E-state index contributed by atoms with van der Waals surface area (Å²) in [5.74, 6) is 0.847. The number of anilines is 2. The Morgan fingerprint density at radius 1 is 0.868 bits per heavy atom. The molecule has 4 nitrogen and oxygen atoms in total. The van der Waals surface area contributed by atoms with Crippen LogP contribution < -0.4 is 10.3 Å². The van der Waals surface area contributed by atoms with E-state index < -0.39 is 0 Å². The maximum atomic E-state index is 6.61. The zero-order chi connectivity index (χ0) is 26.1. The number of para-hydroxylation sites is 2. The molecule has 0 bridgehead atoms. The SMILES string of the molecule is CC1=NN(c2ccccc2Cl)C(=Nc2ccc(C3=CC(c4ccccc4Cl)Sc4ccccc4N3)cc2)C1. The molecule has 0 aliphatic carbocycles. The maximum Gasteiger partial charge on any atom is 0.136 e. The van der Waals surface area contributed by atoms with Crippen LogP contribution in [0.1, 0.15) is 29.7 Å². The Morgan fingerprint density at radius 2 is 1.58 bits per heavy atom. The van der Waals surface area contributed by atoms with Gasteiger partial charge < -0.3 is 5.32 Å². The van der Waals surface area contributed by atoms with Crippen molar-refractivity contribution in [3.8, 4) is 0 Å². The second-order valence-electron chi connectivity index (χ2n) is 9.11. The number of aliphatic imine (C=N–C) groups is 1. The Balaban J connectivity index is 1.33. The Hall–Kier alpha value is -3.51. The number of halogens is 2. The van der Waals surface area contributed by atoms with Gasteiger partial charge in [0.25, 0.3) is 0 Å². The Bertz CT molecular complexity index is 1590. The van der Waals surface area contributed by atoms with E-state index in [0.717, 1.165) is 50.5 Å². The molecule has 2 aliphatic rings. The van der Waals surface area contributed by atoms with Crippen molar-refractivity contribution in [1.82, 2.24) is 0 Å². The minimum atomic E-state index is 0.0672. The van der Waals surface area contributed by atoms with E-state index in [1.54, 1.807) is 11.8 Å². The van der Waals surface area contributed by atoms with Gasteiger partial charge in [0.2, 0.25) is 0 Å². The molecule has 0 saturated carbocycles. The normalized spacial score (nSPS) is 17.9. The van der Waals surface area contributed by atoms with E-state index in [-0.39, 0.29) is 5.25 Å². The lowest BCUT2D eigenvalue weighted by molar-refractivity contribution is 1.15. The number of thioether (sulfide) groups is 1. The molecule has 0 spiro atoms. The molecule has 1 unspecified atom stereocenters. The highest BCUT2D eigenvalue weighted by atomic mass is 35.5. The molecule has 38 heavy (non-hydrogen) atoms. The molecule has 6 rings (SSSR count). The molecule has 0 fully saturated rings. The highest BCUT2D eigenvalue weighted by Gasteiger charge is 2.24. The highest BCUT2D eigenvalue weighted by molar-refractivity contribution is 7.99. The lowest BCUT2D eigenvalue weighted by atomic mass is 10.1. The predicted molar refractivity (Wildman–Crippen MR) is 163 cm³/mol. The van der Waals surface area contributed by atoms with Gasteiger partial charge in [-0.05, 0) is 66.6 Å². The summed E-state index contributed by atoms with van der Waals surface area (Å²) >= 11 is 14.9. The first-order valence-corrected chi connectivity index (χ1v) is 13.9. The van der Waals surface area contributed by atoms with Crippen molar-refractivity contribution in [3.63, 3.8) is 0 Å². The Labute approximate surface area is 236 Å². The molecule has 2 heterocycles. The second-order valence-corrected chi connectivity index (χ2v) is 11.1. The number of hydrazone groups is 1. The van der Waals surface area contributed by atoms with Crippen molar-refractivity contribution in [2.24, 2.45) is 10.1 Å². The van der Waals surface area contributed by atoms with Gasteiger partial charge in [-0.1, -0.05) is 77.8 Å². The first-order chi connectivity index (χ1) is 18.5. The highest BCUT2D eigenvalue weighted by Crippen LogP contribution is 2.46. The fourth-order valence-electron chi connectivity index (χ4n) is 4.54. The molecule has 0 saturated heterocycles. The van der Waals surface area contributed by atoms with Gasteiger partial charge in [0.1, 0.15) is 5.84 Å². The van der Waals surface area contributed by atoms with Crippen molar-refractivity contribution in [2.75, 3.05) is 10.3 Å². The second kappa shape index (κ2) is 10.7. The molecule has 0 aromatic heterocycles. The third kappa shape index (κ3) is 5.10. The van der Waals surface area contributed by atoms with Crippen LogP contribution in [0.3, 0.4) is 0 Å². The van der Waals surface area contributed by atoms with Gasteiger partial charge >= 0.3 is 0 Å².